The minimum atomic E-state index is -0.769. The zero-order valence-corrected chi connectivity index (χ0v) is 47.6. The number of unbranched alkanes of at least 4 members (excludes halogenated alkanes) is 48. The molecule has 0 heterocycles. The lowest BCUT2D eigenvalue weighted by Gasteiger charge is -2.15. The number of carbonyl (C=O) groups excluding carboxylic acids is 2. The van der Waals surface area contributed by atoms with Crippen molar-refractivity contribution in [2.75, 3.05) is 13.2 Å². The van der Waals surface area contributed by atoms with Gasteiger partial charge in [0.1, 0.15) is 6.61 Å². The highest BCUT2D eigenvalue weighted by Crippen LogP contribution is 2.18. The number of ether oxygens (including phenoxy) is 2. The Morgan fingerprint density at radius 1 is 0.329 bits per heavy atom. The van der Waals surface area contributed by atoms with E-state index in [9.17, 15) is 14.7 Å². The van der Waals surface area contributed by atoms with Crippen molar-refractivity contribution in [3.8, 4) is 0 Å². The van der Waals surface area contributed by atoms with Gasteiger partial charge in [-0.3, -0.25) is 9.59 Å². The monoisotopic (exact) mass is 985 g/mol. The molecule has 70 heavy (non-hydrogen) atoms. The molecular weight excluding hydrogens is 861 g/mol. The first-order valence-electron chi connectivity index (χ1n) is 31.9. The second-order valence-electron chi connectivity index (χ2n) is 21.9. The van der Waals surface area contributed by atoms with Crippen LogP contribution >= 0.6 is 0 Å². The Balaban J connectivity index is 3.39. The van der Waals surface area contributed by atoms with Crippen LogP contribution < -0.4 is 0 Å². The van der Waals surface area contributed by atoms with Crippen LogP contribution in [0.4, 0.5) is 0 Å². The third-order valence-corrected chi connectivity index (χ3v) is 14.7. The van der Waals surface area contributed by atoms with Gasteiger partial charge in [0.25, 0.3) is 0 Å². The van der Waals surface area contributed by atoms with Gasteiger partial charge in [0.05, 0.1) is 6.61 Å². The Morgan fingerprint density at radius 2 is 0.571 bits per heavy atom. The minimum Gasteiger partial charge on any atom is -0.462 e. The molecule has 0 aliphatic carbocycles. The molecule has 0 bridgehead atoms. The topological polar surface area (TPSA) is 72.8 Å². The molecule has 1 N–H and O–H groups in total. The second-order valence-corrected chi connectivity index (χ2v) is 21.9. The van der Waals surface area contributed by atoms with E-state index < -0.39 is 6.10 Å². The predicted octanol–water partition coefficient (Wildman–Crippen LogP) is 21.7. The van der Waals surface area contributed by atoms with Gasteiger partial charge < -0.3 is 14.6 Å². The lowest BCUT2D eigenvalue weighted by Crippen LogP contribution is -2.28. The van der Waals surface area contributed by atoms with E-state index in [2.05, 4.69) is 38.2 Å². The van der Waals surface area contributed by atoms with E-state index in [0.29, 0.717) is 12.8 Å². The molecule has 5 heteroatoms. The van der Waals surface area contributed by atoms with Gasteiger partial charge in [0.2, 0.25) is 0 Å². The van der Waals surface area contributed by atoms with E-state index in [4.69, 9.17) is 9.47 Å². The summed E-state index contributed by atoms with van der Waals surface area (Å²) in [5, 5.41) is 9.68. The van der Waals surface area contributed by atoms with Gasteiger partial charge in [-0.15, -0.1) is 0 Å². The first-order valence-corrected chi connectivity index (χ1v) is 31.9. The molecule has 0 saturated heterocycles. The Bertz CT molecular complexity index is 1070. The first kappa shape index (κ1) is 68.4. The van der Waals surface area contributed by atoms with Crippen LogP contribution in [0.1, 0.15) is 361 Å². The van der Waals surface area contributed by atoms with E-state index in [1.807, 2.05) is 0 Å². The van der Waals surface area contributed by atoms with Crippen molar-refractivity contribution in [2.45, 2.75) is 367 Å². The highest BCUT2D eigenvalue weighted by atomic mass is 16.6. The smallest absolute Gasteiger partial charge is 0.306 e. The van der Waals surface area contributed by atoms with Gasteiger partial charge in [-0.2, -0.15) is 0 Å². The maximum absolute atomic E-state index is 12.3. The van der Waals surface area contributed by atoms with Crippen LogP contribution in [-0.4, -0.2) is 36.4 Å². The average Bonchev–Trinajstić information content (AvgIpc) is 3.36. The number of aliphatic hydroxyl groups excluding tert-OH is 1. The molecule has 0 radical (unpaired) electrons. The second kappa shape index (κ2) is 61.7. The summed E-state index contributed by atoms with van der Waals surface area (Å²) >= 11 is 0. The van der Waals surface area contributed by atoms with Crippen LogP contribution in [-0.2, 0) is 19.1 Å². The van der Waals surface area contributed by atoms with Gasteiger partial charge in [-0.05, 0) is 44.9 Å². The Hall–Kier alpha value is -1.62. The van der Waals surface area contributed by atoms with Gasteiger partial charge in [-0.25, -0.2) is 0 Å². The lowest BCUT2D eigenvalue weighted by molar-refractivity contribution is -0.161. The van der Waals surface area contributed by atoms with Crippen molar-refractivity contribution in [3.63, 3.8) is 0 Å². The van der Waals surface area contributed by atoms with Gasteiger partial charge in [0.15, 0.2) is 6.10 Å². The fourth-order valence-electron chi connectivity index (χ4n) is 9.94. The Morgan fingerprint density at radius 3 is 0.843 bits per heavy atom. The molecule has 0 spiro atoms. The zero-order chi connectivity index (χ0) is 50.6. The largest absolute Gasteiger partial charge is 0.462 e. The number of rotatable bonds is 60. The molecule has 0 saturated carbocycles. The quantitative estimate of drug-likeness (QED) is 0.0373. The number of esters is 2. The average molecular weight is 986 g/mol. The number of hydrogen-bond acceptors (Lipinski definition) is 5. The van der Waals surface area contributed by atoms with Crippen LogP contribution in [0, 0.1) is 0 Å². The van der Waals surface area contributed by atoms with Crippen LogP contribution in [0.2, 0.25) is 0 Å². The zero-order valence-electron chi connectivity index (χ0n) is 47.6. The van der Waals surface area contributed by atoms with E-state index in [1.54, 1.807) is 0 Å². The van der Waals surface area contributed by atoms with E-state index in [1.165, 1.54) is 295 Å². The Kier molecular flexibility index (Phi) is 60.3. The van der Waals surface area contributed by atoms with Crippen molar-refractivity contribution in [1.82, 2.24) is 0 Å². The van der Waals surface area contributed by atoms with E-state index >= 15 is 0 Å². The summed E-state index contributed by atoms with van der Waals surface area (Å²) in [6.07, 6.45) is 79.0. The van der Waals surface area contributed by atoms with Crippen molar-refractivity contribution >= 4 is 11.9 Å². The number of allylic oxidation sites excluding steroid dienone is 4. The number of hydrogen-bond donors (Lipinski definition) is 1. The highest BCUT2D eigenvalue weighted by Gasteiger charge is 2.16. The molecule has 0 rings (SSSR count). The fraction of sp³-hybridized carbons (Fsp3) is 0.908. The lowest BCUT2D eigenvalue weighted by atomic mass is 10.0. The molecule has 0 fully saturated rings. The summed E-state index contributed by atoms with van der Waals surface area (Å²) in [7, 11) is 0. The molecule has 0 aliphatic rings. The predicted molar refractivity (Wildman–Crippen MR) is 307 cm³/mol. The van der Waals surface area contributed by atoms with Crippen LogP contribution in [0.5, 0.6) is 0 Å². The standard InChI is InChI=1S/C65H124O5/c1-3-5-7-9-11-13-15-17-19-21-23-25-27-29-30-31-32-33-34-36-37-39-41-43-45-47-49-51-53-55-57-59-64(67)69-62-63(61-66)70-65(68)60-58-56-54-52-50-48-46-44-42-40-38-35-28-26-24-22-20-18-16-14-12-10-8-6-4-2/h16,18,22,24,63,66H,3-15,17,19-21,23,25-62H2,1-2H3/b18-16-,24-22-. The van der Waals surface area contributed by atoms with E-state index in [0.717, 1.165) is 38.5 Å². The van der Waals surface area contributed by atoms with Gasteiger partial charge in [0, 0.05) is 12.8 Å². The maximum Gasteiger partial charge on any atom is 0.306 e. The summed E-state index contributed by atoms with van der Waals surface area (Å²) in [5.74, 6) is -0.569. The van der Waals surface area contributed by atoms with Gasteiger partial charge in [-0.1, -0.05) is 327 Å². The Labute approximate surface area is 438 Å². The number of aliphatic hydroxyl groups is 1. The van der Waals surface area contributed by atoms with Crippen molar-refractivity contribution in [1.29, 1.82) is 0 Å². The molecule has 0 amide bonds. The molecule has 0 aliphatic heterocycles. The van der Waals surface area contributed by atoms with Crippen LogP contribution in [0.3, 0.4) is 0 Å². The molecule has 0 aromatic carbocycles. The number of carbonyl (C=O) groups is 2. The van der Waals surface area contributed by atoms with E-state index in [-0.39, 0.29) is 25.2 Å². The molecule has 1 atom stereocenters. The first-order chi connectivity index (χ1) is 34.6. The third kappa shape index (κ3) is 58.9. The summed E-state index contributed by atoms with van der Waals surface area (Å²) in [6, 6.07) is 0. The molecule has 5 nitrogen and oxygen atoms in total. The van der Waals surface area contributed by atoms with Crippen LogP contribution in [0.25, 0.3) is 0 Å². The molecule has 1 unspecified atom stereocenters. The van der Waals surface area contributed by atoms with Crippen molar-refractivity contribution in [3.05, 3.63) is 24.3 Å². The molecule has 414 valence electrons. The van der Waals surface area contributed by atoms with Crippen molar-refractivity contribution < 1.29 is 24.2 Å². The SMILES string of the molecule is CCCCCCC/C=C\C/C=C\CCCCCCCCCCCCCCCC(=O)OC(CO)COC(=O)CCCCCCCCCCCCCCCCCCCCCCCCCCCCCCCCC. The molecule has 0 aromatic rings. The van der Waals surface area contributed by atoms with Crippen molar-refractivity contribution in [2.24, 2.45) is 0 Å². The fourth-order valence-corrected chi connectivity index (χ4v) is 9.94. The highest BCUT2D eigenvalue weighted by molar-refractivity contribution is 5.70. The van der Waals surface area contributed by atoms with Gasteiger partial charge >= 0.3 is 11.9 Å². The minimum absolute atomic E-state index is 0.0596. The molecular formula is C65H124O5. The van der Waals surface area contributed by atoms with Crippen LogP contribution in [0.15, 0.2) is 24.3 Å². The normalized spacial score (nSPS) is 12.2. The summed E-state index contributed by atoms with van der Waals surface area (Å²) < 4.78 is 10.7. The maximum atomic E-state index is 12.3. The summed E-state index contributed by atoms with van der Waals surface area (Å²) in [4.78, 5) is 24.6. The summed E-state index contributed by atoms with van der Waals surface area (Å²) in [6.45, 7) is 4.19. The third-order valence-electron chi connectivity index (χ3n) is 14.7. The summed E-state index contributed by atoms with van der Waals surface area (Å²) in [5.41, 5.74) is 0. The molecule has 0 aromatic heterocycles.